The van der Waals surface area contributed by atoms with Crippen LogP contribution >= 0.6 is 23.1 Å². The zero-order valence-corrected chi connectivity index (χ0v) is 16.2. The van der Waals surface area contributed by atoms with Gasteiger partial charge in [-0.25, -0.2) is 4.90 Å². The van der Waals surface area contributed by atoms with Gasteiger partial charge < -0.3 is 14.1 Å². The Hall–Kier alpha value is -2.78. The molecule has 2 amide bonds. The van der Waals surface area contributed by atoms with E-state index in [0.717, 1.165) is 16.2 Å². The smallest absolute Gasteiger partial charge is 0.305 e. The van der Waals surface area contributed by atoms with Gasteiger partial charge in [0.05, 0.1) is 40.8 Å². The molecule has 7 nitrogen and oxygen atoms in total. The number of methoxy groups -OCH3 is 1. The maximum atomic E-state index is 13.4. The average molecular weight is 414 g/mol. The van der Waals surface area contributed by atoms with Crippen LogP contribution in [-0.2, 0) is 9.59 Å². The van der Waals surface area contributed by atoms with Gasteiger partial charge >= 0.3 is 4.87 Å². The van der Waals surface area contributed by atoms with Crippen molar-refractivity contribution >= 4 is 40.6 Å². The van der Waals surface area contributed by atoms with Crippen LogP contribution in [0.1, 0.15) is 16.6 Å². The second-order valence-corrected chi connectivity index (χ2v) is 8.64. The van der Waals surface area contributed by atoms with Crippen molar-refractivity contribution in [2.24, 2.45) is 5.92 Å². The van der Waals surface area contributed by atoms with Crippen molar-refractivity contribution in [1.82, 2.24) is 4.98 Å². The molecule has 2 aromatic heterocycles. The molecular formula is C19H14N2O5S2. The summed E-state index contributed by atoms with van der Waals surface area (Å²) in [6, 6.07) is 10.3. The highest BCUT2D eigenvalue weighted by molar-refractivity contribution is 8.00. The van der Waals surface area contributed by atoms with E-state index in [2.05, 4.69) is 4.98 Å². The van der Waals surface area contributed by atoms with E-state index in [-0.39, 0.29) is 16.7 Å². The van der Waals surface area contributed by atoms with E-state index in [1.54, 1.807) is 43.5 Å². The molecule has 0 spiro atoms. The van der Waals surface area contributed by atoms with Crippen LogP contribution in [0.2, 0.25) is 0 Å². The summed E-state index contributed by atoms with van der Waals surface area (Å²) in [5.74, 6) is -0.475. The maximum Gasteiger partial charge on any atom is 0.305 e. The minimum absolute atomic E-state index is 0.207. The predicted octanol–water partition coefficient (Wildman–Crippen LogP) is 2.83. The Morgan fingerprint density at radius 2 is 1.89 bits per heavy atom. The van der Waals surface area contributed by atoms with Gasteiger partial charge in [0.2, 0.25) is 11.8 Å². The lowest BCUT2D eigenvalue weighted by molar-refractivity contribution is -0.122. The number of aromatic amines is 1. The third-order valence-corrected chi connectivity index (χ3v) is 7.41. The molecule has 5 rings (SSSR count). The van der Waals surface area contributed by atoms with Gasteiger partial charge in [-0.3, -0.25) is 14.4 Å². The first kappa shape index (κ1) is 17.3. The molecule has 28 heavy (non-hydrogen) atoms. The molecule has 0 aliphatic carbocycles. The molecule has 1 saturated heterocycles. The molecule has 3 unspecified atom stereocenters. The van der Waals surface area contributed by atoms with Gasteiger partial charge in [0, 0.05) is 0 Å². The van der Waals surface area contributed by atoms with Crippen molar-refractivity contribution in [2.75, 3.05) is 12.0 Å². The summed E-state index contributed by atoms with van der Waals surface area (Å²) >= 11 is 2.30. The molecule has 2 aliphatic heterocycles. The topological polar surface area (TPSA) is 92.6 Å². The molecule has 4 heterocycles. The predicted molar refractivity (Wildman–Crippen MR) is 104 cm³/mol. The Bertz CT molecular complexity index is 1120. The fourth-order valence-corrected chi connectivity index (χ4v) is 6.27. The number of carbonyl (C=O) groups excluding carboxylic acids is 2. The number of fused-ring (bicyclic) bond motifs is 2. The summed E-state index contributed by atoms with van der Waals surface area (Å²) in [4.78, 5) is 43.0. The fourth-order valence-electron chi connectivity index (χ4n) is 3.78. The monoisotopic (exact) mass is 414 g/mol. The first-order chi connectivity index (χ1) is 13.6. The van der Waals surface area contributed by atoms with Crippen molar-refractivity contribution in [2.45, 2.75) is 16.2 Å². The van der Waals surface area contributed by atoms with E-state index in [9.17, 15) is 14.4 Å². The molecule has 0 radical (unpaired) electrons. The van der Waals surface area contributed by atoms with E-state index in [1.165, 1.54) is 22.9 Å². The standard InChI is InChI=1S/C19H14N2O5S2/c1-25-10-6-4-9(5-7-10)21-17(22)13-12(11-3-2-8-26-11)14-16(20-19(24)28-14)27-15(13)18(21)23/h2-8,12-13,15H,1H3,(H,20,24). The number of ether oxygens (including phenoxy) is 1. The Balaban J connectivity index is 1.61. The summed E-state index contributed by atoms with van der Waals surface area (Å²) in [6.07, 6.45) is 1.53. The molecule has 0 bridgehead atoms. The Kier molecular flexibility index (Phi) is 3.95. The van der Waals surface area contributed by atoms with Crippen molar-refractivity contribution in [3.63, 3.8) is 0 Å². The average Bonchev–Trinajstić information content (AvgIpc) is 3.40. The summed E-state index contributed by atoms with van der Waals surface area (Å²) < 4.78 is 10.7. The summed E-state index contributed by atoms with van der Waals surface area (Å²) in [6.45, 7) is 0. The first-order valence-corrected chi connectivity index (χ1v) is 10.2. The molecule has 142 valence electrons. The van der Waals surface area contributed by atoms with Crippen LogP contribution < -0.4 is 14.5 Å². The quantitative estimate of drug-likeness (QED) is 0.663. The van der Waals surface area contributed by atoms with Gasteiger partial charge in [-0.2, -0.15) is 0 Å². The number of H-pyrrole nitrogens is 1. The number of anilines is 1. The third kappa shape index (κ3) is 2.46. The fraction of sp³-hybridized carbons (Fsp3) is 0.211. The number of amides is 2. The second-order valence-electron chi connectivity index (χ2n) is 6.48. The lowest BCUT2D eigenvalue weighted by Gasteiger charge is -2.27. The zero-order chi connectivity index (χ0) is 19.4. The molecule has 3 aromatic rings. The van der Waals surface area contributed by atoms with E-state index < -0.39 is 17.1 Å². The van der Waals surface area contributed by atoms with Crippen molar-refractivity contribution in [3.05, 3.63) is 63.0 Å². The van der Waals surface area contributed by atoms with E-state index >= 15 is 0 Å². The maximum absolute atomic E-state index is 13.4. The lowest BCUT2D eigenvalue weighted by Crippen LogP contribution is -2.32. The molecule has 2 aliphatic rings. The minimum Gasteiger partial charge on any atom is -0.497 e. The number of aromatic nitrogens is 1. The summed E-state index contributed by atoms with van der Waals surface area (Å²) in [5, 5.41) is 0.0119. The van der Waals surface area contributed by atoms with Crippen LogP contribution in [0.5, 0.6) is 5.75 Å². The van der Waals surface area contributed by atoms with Gasteiger partial charge in [-0.15, -0.1) is 0 Å². The van der Waals surface area contributed by atoms with Gasteiger partial charge in [-0.1, -0.05) is 23.1 Å². The Labute approximate surface area is 167 Å². The minimum atomic E-state index is -0.635. The highest BCUT2D eigenvalue weighted by Gasteiger charge is 2.57. The van der Waals surface area contributed by atoms with Gasteiger partial charge in [0.25, 0.3) is 0 Å². The number of rotatable bonds is 3. The number of nitrogens with one attached hydrogen (secondary N) is 1. The number of benzene rings is 1. The molecular weight excluding hydrogens is 400 g/mol. The van der Waals surface area contributed by atoms with Gasteiger partial charge in [0.15, 0.2) is 0 Å². The van der Waals surface area contributed by atoms with Gasteiger partial charge in [0.1, 0.15) is 16.8 Å². The van der Waals surface area contributed by atoms with Crippen molar-refractivity contribution < 1.29 is 18.7 Å². The number of nitrogens with zero attached hydrogens (tertiary/aromatic N) is 1. The summed E-state index contributed by atoms with van der Waals surface area (Å²) in [5.41, 5.74) is 0.501. The highest BCUT2D eigenvalue weighted by Crippen LogP contribution is 2.53. The van der Waals surface area contributed by atoms with Crippen LogP contribution in [0.4, 0.5) is 5.69 Å². The first-order valence-electron chi connectivity index (χ1n) is 8.53. The summed E-state index contributed by atoms with van der Waals surface area (Å²) in [7, 11) is 1.56. The molecule has 1 fully saturated rings. The van der Waals surface area contributed by atoms with Crippen molar-refractivity contribution in [1.29, 1.82) is 0 Å². The van der Waals surface area contributed by atoms with Crippen LogP contribution in [0.15, 0.2) is 56.9 Å². The SMILES string of the molecule is COc1ccc(N2C(=O)C3Sc4[nH]c(=O)sc4C(c4ccco4)C3C2=O)cc1. The van der Waals surface area contributed by atoms with Crippen LogP contribution in [-0.4, -0.2) is 29.2 Å². The van der Waals surface area contributed by atoms with E-state index in [1.807, 2.05) is 0 Å². The number of hydrogen-bond acceptors (Lipinski definition) is 7. The van der Waals surface area contributed by atoms with Gasteiger partial charge in [-0.05, 0) is 36.4 Å². The largest absolute Gasteiger partial charge is 0.497 e. The van der Waals surface area contributed by atoms with Crippen LogP contribution in [0.25, 0.3) is 0 Å². The zero-order valence-electron chi connectivity index (χ0n) is 14.6. The Morgan fingerprint density at radius 3 is 2.57 bits per heavy atom. The highest BCUT2D eigenvalue weighted by atomic mass is 32.2. The molecule has 0 saturated carbocycles. The number of carbonyl (C=O) groups is 2. The molecule has 3 atom stereocenters. The molecule has 9 heteroatoms. The number of furan rings is 1. The normalized spacial score (nSPS) is 23.6. The second kappa shape index (κ2) is 6.39. The van der Waals surface area contributed by atoms with Crippen LogP contribution in [0.3, 0.4) is 0 Å². The molecule has 1 aromatic carbocycles. The number of thiazole rings is 1. The lowest BCUT2D eigenvalue weighted by atomic mass is 9.87. The van der Waals surface area contributed by atoms with E-state index in [0.29, 0.717) is 22.2 Å². The van der Waals surface area contributed by atoms with Crippen LogP contribution in [0, 0.1) is 5.92 Å². The molecule has 1 N–H and O–H groups in total. The van der Waals surface area contributed by atoms with Crippen molar-refractivity contribution in [3.8, 4) is 5.75 Å². The van der Waals surface area contributed by atoms with E-state index in [4.69, 9.17) is 9.15 Å². The number of thioether (sulfide) groups is 1. The number of imide groups is 1. The third-order valence-electron chi connectivity index (χ3n) is 5.00. The number of hydrogen-bond donors (Lipinski definition) is 1. The Morgan fingerprint density at radius 1 is 1.11 bits per heavy atom.